The van der Waals surface area contributed by atoms with Crippen molar-refractivity contribution in [2.24, 2.45) is 5.73 Å². The van der Waals surface area contributed by atoms with Gasteiger partial charge in [-0.05, 0) is 25.7 Å². The van der Waals surface area contributed by atoms with Crippen molar-refractivity contribution in [2.45, 2.75) is 50.7 Å². The third-order valence-electron chi connectivity index (χ3n) is 3.25. The second-order valence-corrected chi connectivity index (χ2v) is 4.74. The summed E-state index contributed by atoms with van der Waals surface area (Å²) in [6, 6.07) is 0. The molecule has 19 heavy (non-hydrogen) atoms. The summed E-state index contributed by atoms with van der Waals surface area (Å²) in [7, 11) is 1.39. The maximum absolute atomic E-state index is 11.7. The van der Waals surface area contributed by atoms with Gasteiger partial charge in [-0.1, -0.05) is 6.42 Å². The molecule has 1 rings (SSSR count). The molecule has 0 aromatic carbocycles. The van der Waals surface area contributed by atoms with Gasteiger partial charge in [0.2, 0.25) is 5.91 Å². The molecule has 0 saturated carbocycles. The number of carbonyl (C=O) groups is 2. The minimum atomic E-state index is -0.344. The van der Waals surface area contributed by atoms with Crippen LogP contribution in [0.5, 0.6) is 0 Å². The van der Waals surface area contributed by atoms with Crippen LogP contribution >= 0.6 is 0 Å². The van der Waals surface area contributed by atoms with E-state index in [1.54, 1.807) is 0 Å². The Labute approximate surface area is 114 Å². The first kappa shape index (κ1) is 15.9. The lowest BCUT2D eigenvalue weighted by molar-refractivity contribution is -0.140. The number of nitrogens with one attached hydrogen (secondary N) is 1. The first-order valence-electron chi connectivity index (χ1n) is 6.87. The summed E-state index contributed by atoms with van der Waals surface area (Å²) in [4.78, 5) is 22.6. The number of methoxy groups -OCH3 is 1. The molecule has 1 aliphatic rings. The first-order valence-corrected chi connectivity index (χ1v) is 6.87. The first-order chi connectivity index (χ1) is 9.17. The van der Waals surface area contributed by atoms with Crippen LogP contribution in [-0.2, 0) is 19.1 Å². The molecule has 0 aromatic rings. The lowest BCUT2D eigenvalue weighted by Crippen LogP contribution is -2.36. The Morgan fingerprint density at radius 2 is 2.11 bits per heavy atom. The number of ether oxygens (including phenoxy) is 2. The molecule has 3 N–H and O–H groups in total. The average Bonchev–Trinajstić information content (AvgIpc) is 2.91. The molecule has 0 bridgehead atoms. The highest BCUT2D eigenvalue weighted by Crippen LogP contribution is 2.18. The number of hydrogen-bond donors (Lipinski definition) is 2. The van der Waals surface area contributed by atoms with Crippen LogP contribution in [0.1, 0.15) is 38.5 Å². The van der Waals surface area contributed by atoms with Crippen LogP contribution in [0, 0.1) is 0 Å². The van der Waals surface area contributed by atoms with Crippen LogP contribution in [0.25, 0.3) is 0 Å². The topological polar surface area (TPSA) is 90.7 Å². The highest BCUT2D eigenvalue weighted by atomic mass is 16.5. The Morgan fingerprint density at radius 1 is 1.32 bits per heavy atom. The summed E-state index contributed by atoms with van der Waals surface area (Å²) in [6.45, 7) is 1.09. The van der Waals surface area contributed by atoms with Crippen LogP contribution in [-0.4, -0.2) is 44.3 Å². The van der Waals surface area contributed by atoms with Crippen molar-refractivity contribution in [2.75, 3.05) is 20.2 Å². The second-order valence-electron chi connectivity index (χ2n) is 4.74. The van der Waals surface area contributed by atoms with Crippen molar-refractivity contribution >= 4 is 11.9 Å². The molecule has 1 aliphatic heterocycles. The minimum Gasteiger partial charge on any atom is -0.469 e. The number of rotatable bonds is 8. The summed E-state index contributed by atoms with van der Waals surface area (Å²) >= 11 is 0. The molecule has 0 unspecified atom stereocenters. The number of amides is 1. The molecule has 110 valence electrons. The number of hydrogen-bond acceptors (Lipinski definition) is 5. The van der Waals surface area contributed by atoms with Gasteiger partial charge in [0.25, 0.3) is 0 Å². The molecule has 6 nitrogen and oxygen atoms in total. The zero-order valence-electron chi connectivity index (χ0n) is 11.5. The third-order valence-corrected chi connectivity index (χ3v) is 3.25. The normalized spacial score (nSPS) is 22.2. The molecule has 1 heterocycles. The average molecular weight is 272 g/mol. The molecule has 2 atom stereocenters. The zero-order valence-corrected chi connectivity index (χ0v) is 11.5. The quantitative estimate of drug-likeness (QED) is 0.491. The smallest absolute Gasteiger partial charge is 0.305 e. The van der Waals surface area contributed by atoms with E-state index in [0.29, 0.717) is 19.5 Å². The second kappa shape index (κ2) is 8.87. The van der Waals surface area contributed by atoms with Gasteiger partial charge in [0.15, 0.2) is 0 Å². The number of nitrogens with two attached hydrogens (primary N) is 1. The predicted octanol–water partition coefficient (Wildman–Crippen LogP) is 0.342. The van der Waals surface area contributed by atoms with Crippen molar-refractivity contribution < 1.29 is 19.1 Å². The number of esters is 1. The van der Waals surface area contributed by atoms with Crippen LogP contribution in [0.2, 0.25) is 0 Å². The summed E-state index contributed by atoms with van der Waals surface area (Å²) in [5.41, 5.74) is 5.49. The summed E-state index contributed by atoms with van der Waals surface area (Å²) in [5, 5.41) is 2.85. The van der Waals surface area contributed by atoms with Gasteiger partial charge in [-0.3, -0.25) is 9.59 Å². The van der Waals surface area contributed by atoms with Crippen molar-refractivity contribution in [3.8, 4) is 0 Å². The monoisotopic (exact) mass is 272 g/mol. The van der Waals surface area contributed by atoms with Gasteiger partial charge in [-0.15, -0.1) is 0 Å². The molecule has 0 radical (unpaired) electrons. The Hall–Kier alpha value is -1.14. The standard InChI is InChI=1S/C13H24N2O4/c1-18-12(16)5-3-2-4-8-15-13(17)11-7-6-10(9-14)19-11/h10-11H,2-9,14H2,1H3,(H,15,17)/t10-,11+/m1/s1. The summed E-state index contributed by atoms with van der Waals surface area (Å²) < 4.78 is 10.0. The van der Waals surface area contributed by atoms with Crippen LogP contribution in [0.15, 0.2) is 0 Å². The molecule has 1 saturated heterocycles. The van der Waals surface area contributed by atoms with Gasteiger partial charge < -0.3 is 20.5 Å². The van der Waals surface area contributed by atoms with Crippen molar-refractivity contribution in [1.82, 2.24) is 5.32 Å². The van der Waals surface area contributed by atoms with E-state index in [1.807, 2.05) is 0 Å². The molecule has 0 aromatic heterocycles. The van der Waals surface area contributed by atoms with Crippen molar-refractivity contribution in [1.29, 1.82) is 0 Å². The van der Waals surface area contributed by atoms with Crippen LogP contribution in [0.3, 0.4) is 0 Å². The van der Waals surface area contributed by atoms with Gasteiger partial charge in [-0.2, -0.15) is 0 Å². The lowest BCUT2D eigenvalue weighted by atomic mass is 10.1. The summed E-state index contributed by atoms with van der Waals surface area (Å²) in [6.07, 6.45) is 4.26. The van der Waals surface area contributed by atoms with E-state index in [1.165, 1.54) is 7.11 Å². The van der Waals surface area contributed by atoms with Crippen molar-refractivity contribution in [3.63, 3.8) is 0 Å². The number of unbranched alkanes of at least 4 members (excludes halogenated alkanes) is 2. The minimum absolute atomic E-state index is 0.0239. The summed E-state index contributed by atoms with van der Waals surface area (Å²) in [5.74, 6) is -0.236. The van der Waals surface area contributed by atoms with E-state index in [2.05, 4.69) is 10.1 Å². The van der Waals surface area contributed by atoms with Gasteiger partial charge in [0.05, 0.1) is 13.2 Å². The fourth-order valence-electron chi connectivity index (χ4n) is 2.07. The van der Waals surface area contributed by atoms with Gasteiger partial charge >= 0.3 is 5.97 Å². The molecular formula is C13H24N2O4. The highest BCUT2D eigenvalue weighted by molar-refractivity contribution is 5.80. The molecule has 1 fully saturated rings. The number of carbonyl (C=O) groups excluding carboxylic acids is 2. The Bertz CT molecular complexity index is 296. The molecule has 0 aliphatic carbocycles. The maximum Gasteiger partial charge on any atom is 0.305 e. The van der Waals surface area contributed by atoms with E-state index in [4.69, 9.17) is 10.5 Å². The molecule has 6 heteroatoms. The Morgan fingerprint density at radius 3 is 2.74 bits per heavy atom. The van der Waals surface area contributed by atoms with Gasteiger partial charge in [0.1, 0.15) is 6.10 Å². The van der Waals surface area contributed by atoms with E-state index >= 15 is 0 Å². The van der Waals surface area contributed by atoms with Crippen LogP contribution in [0.4, 0.5) is 0 Å². The van der Waals surface area contributed by atoms with Gasteiger partial charge in [-0.25, -0.2) is 0 Å². The zero-order chi connectivity index (χ0) is 14.1. The predicted molar refractivity (Wildman–Crippen MR) is 70.4 cm³/mol. The van der Waals surface area contributed by atoms with Crippen LogP contribution < -0.4 is 11.1 Å². The van der Waals surface area contributed by atoms with E-state index < -0.39 is 0 Å². The SMILES string of the molecule is COC(=O)CCCCCNC(=O)[C@@H]1CC[C@H](CN)O1. The van der Waals surface area contributed by atoms with E-state index in [-0.39, 0.29) is 24.1 Å². The van der Waals surface area contributed by atoms with Gasteiger partial charge in [0, 0.05) is 19.5 Å². The molecule has 1 amide bonds. The Kier molecular flexibility index (Phi) is 7.43. The molecule has 0 spiro atoms. The third kappa shape index (κ3) is 6.02. The van der Waals surface area contributed by atoms with E-state index in [9.17, 15) is 9.59 Å². The molecular weight excluding hydrogens is 248 g/mol. The highest BCUT2D eigenvalue weighted by Gasteiger charge is 2.29. The fourth-order valence-corrected chi connectivity index (χ4v) is 2.07. The fraction of sp³-hybridized carbons (Fsp3) is 0.846. The lowest BCUT2D eigenvalue weighted by Gasteiger charge is -2.12. The van der Waals surface area contributed by atoms with Crippen molar-refractivity contribution in [3.05, 3.63) is 0 Å². The van der Waals surface area contributed by atoms with E-state index in [0.717, 1.165) is 32.1 Å². The maximum atomic E-state index is 11.7. The largest absolute Gasteiger partial charge is 0.469 e. The Balaban J connectivity index is 2.00.